The molecule has 0 unspecified atom stereocenters. The highest BCUT2D eigenvalue weighted by atomic mass is 16.2. The Morgan fingerprint density at radius 2 is 1.68 bits per heavy atom. The van der Waals surface area contributed by atoms with Crippen LogP contribution in [0.5, 0.6) is 0 Å². The second-order valence-electron chi connectivity index (χ2n) is 7.37. The fourth-order valence-electron chi connectivity index (χ4n) is 3.66. The highest BCUT2D eigenvalue weighted by Gasteiger charge is 2.21. The van der Waals surface area contributed by atoms with Gasteiger partial charge in [-0.1, -0.05) is 42.5 Å². The van der Waals surface area contributed by atoms with Crippen molar-refractivity contribution in [1.82, 2.24) is 20.4 Å². The van der Waals surface area contributed by atoms with Crippen molar-refractivity contribution < 1.29 is 9.59 Å². The van der Waals surface area contributed by atoms with E-state index in [1.165, 1.54) is 16.3 Å². The van der Waals surface area contributed by atoms with Crippen LogP contribution in [0.15, 0.2) is 42.5 Å². The summed E-state index contributed by atoms with van der Waals surface area (Å²) in [4.78, 5) is 28.5. The summed E-state index contributed by atoms with van der Waals surface area (Å²) in [6.07, 6.45) is 0. The molecule has 0 spiro atoms. The highest BCUT2D eigenvalue weighted by Crippen LogP contribution is 2.20. The van der Waals surface area contributed by atoms with Crippen LogP contribution in [0.3, 0.4) is 0 Å². The molecule has 28 heavy (non-hydrogen) atoms. The van der Waals surface area contributed by atoms with Crippen molar-refractivity contribution in [3.63, 3.8) is 0 Å². The third kappa shape index (κ3) is 5.30. The molecule has 3 rings (SSSR count). The van der Waals surface area contributed by atoms with Gasteiger partial charge in [0.25, 0.3) is 0 Å². The fraction of sp³-hybridized carbons (Fsp3) is 0.455. The van der Waals surface area contributed by atoms with Gasteiger partial charge in [0.05, 0.1) is 6.54 Å². The quantitative estimate of drug-likeness (QED) is 0.764. The molecule has 0 radical (unpaired) electrons. The van der Waals surface area contributed by atoms with Crippen LogP contribution < -0.4 is 10.6 Å². The lowest BCUT2D eigenvalue weighted by molar-refractivity contribution is -0.129. The Morgan fingerprint density at radius 3 is 2.43 bits per heavy atom. The summed E-state index contributed by atoms with van der Waals surface area (Å²) >= 11 is 0. The molecule has 2 amide bonds. The molecule has 0 saturated carbocycles. The van der Waals surface area contributed by atoms with E-state index in [0.717, 1.165) is 32.7 Å². The van der Waals surface area contributed by atoms with Crippen molar-refractivity contribution in [1.29, 1.82) is 0 Å². The maximum atomic E-state index is 12.2. The molecule has 1 saturated heterocycles. The van der Waals surface area contributed by atoms with Gasteiger partial charge in [0.1, 0.15) is 6.04 Å². The van der Waals surface area contributed by atoms with E-state index in [2.05, 4.69) is 62.9 Å². The van der Waals surface area contributed by atoms with E-state index < -0.39 is 6.04 Å². The molecule has 1 aliphatic heterocycles. The number of fused-ring (bicyclic) bond motifs is 1. The first-order chi connectivity index (χ1) is 13.6. The average molecular weight is 383 g/mol. The smallest absolute Gasteiger partial charge is 0.242 e. The van der Waals surface area contributed by atoms with Crippen molar-refractivity contribution in [3.05, 3.63) is 48.0 Å². The van der Waals surface area contributed by atoms with Gasteiger partial charge in [0.2, 0.25) is 11.8 Å². The van der Waals surface area contributed by atoms with E-state index in [-0.39, 0.29) is 11.8 Å². The summed E-state index contributed by atoms with van der Waals surface area (Å²) in [7, 11) is 0. The number of nitrogens with one attached hydrogen (secondary N) is 2. The van der Waals surface area contributed by atoms with Crippen LogP contribution in [0.4, 0.5) is 0 Å². The van der Waals surface area contributed by atoms with Gasteiger partial charge in [-0.25, -0.2) is 0 Å². The lowest BCUT2D eigenvalue weighted by Gasteiger charge is -2.34. The Labute approximate surface area is 166 Å². The van der Waals surface area contributed by atoms with E-state index in [9.17, 15) is 9.59 Å². The van der Waals surface area contributed by atoms with Gasteiger partial charge in [-0.05, 0) is 30.2 Å². The predicted octanol–water partition coefficient (Wildman–Crippen LogP) is 1.60. The van der Waals surface area contributed by atoms with Gasteiger partial charge in [-0.2, -0.15) is 0 Å². The molecule has 1 aliphatic rings. The van der Waals surface area contributed by atoms with Crippen molar-refractivity contribution in [2.24, 2.45) is 0 Å². The number of hydrogen-bond donors (Lipinski definition) is 2. The summed E-state index contributed by atoms with van der Waals surface area (Å²) in [5, 5.41) is 8.08. The molecule has 0 aliphatic carbocycles. The van der Waals surface area contributed by atoms with E-state index in [4.69, 9.17) is 0 Å². The topological polar surface area (TPSA) is 64.7 Å². The highest BCUT2D eigenvalue weighted by molar-refractivity contribution is 5.88. The van der Waals surface area contributed by atoms with Gasteiger partial charge in [0, 0.05) is 39.3 Å². The second-order valence-corrected chi connectivity index (χ2v) is 7.37. The van der Waals surface area contributed by atoms with Gasteiger partial charge in [0.15, 0.2) is 0 Å². The number of piperazine rings is 1. The molecule has 2 aromatic carbocycles. The number of amides is 2. The number of benzene rings is 2. The normalized spacial score (nSPS) is 16.6. The van der Waals surface area contributed by atoms with Crippen molar-refractivity contribution in [3.8, 4) is 0 Å². The Balaban J connectivity index is 1.47. The zero-order chi connectivity index (χ0) is 19.9. The average Bonchev–Trinajstić information content (AvgIpc) is 2.70. The molecular weight excluding hydrogens is 352 g/mol. The van der Waals surface area contributed by atoms with Crippen molar-refractivity contribution >= 4 is 22.6 Å². The zero-order valence-electron chi connectivity index (χ0n) is 16.8. The molecule has 2 N–H and O–H groups in total. The number of rotatable bonds is 7. The maximum absolute atomic E-state index is 12.2. The van der Waals surface area contributed by atoms with Crippen molar-refractivity contribution in [2.45, 2.75) is 26.4 Å². The van der Waals surface area contributed by atoms with E-state index in [1.807, 2.05) is 6.92 Å². The summed E-state index contributed by atoms with van der Waals surface area (Å²) < 4.78 is 0. The first-order valence-corrected chi connectivity index (χ1v) is 10.0. The minimum atomic E-state index is -0.500. The van der Waals surface area contributed by atoms with E-state index in [0.29, 0.717) is 13.1 Å². The zero-order valence-corrected chi connectivity index (χ0v) is 16.8. The molecule has 1 heterocycles. The summed E-state index contributed by atoms with van der Waals surface area (Å²) in [5.74, 6) is -0.239. The number of likely N-dealkylation sites (N-methyl/N-ethyl adjacent to an activating group) is 1. The van der Waals surface area contributed by atoms with Gasteiger partial charge in [-0.3, -0.25) is 19.4 Å². The Kier molecular flexibility index (Phi) is 7.01. The summed E-state index contributed by atoms with van der Waals surface area (Å²) in [6.45, 7) is 8.99. The molecule has 6 nitrogen and oxygen atoms in total. The lowest BCUT2D eigenvalue weighted by atomic mass is 10.0. The first-order valence-electron chi connectivity index (χ1n) is 10.0. The molecule has 6 heteroatoms. The third-order valence-electron chi connectivity index (χ3n) is 5.23. The van der Waals surface area contributed by atoms with E-state index >= 15 is 0 Å². The first kappa shape index (κ1) is 20.3. The Hall–Kier alpha value is -2.44. The van der Waals surface area contributed by atoms with Crippen LogP contribution in [0, 0.1) is 0 Å². The predicted molar refractivity (Wildman–Crippen MR) is 112 cm³/mol. The molecule has 1 fully saturated rings. The molecule has 150 valence electrons. The molecule has 1 atom stereocenters. The fourth-order valence-corrected chi connectivity index (χ4v) is 3.66. The monoisotopic (exact) mass is 382 g/mol. The molecule has 2 aromatic rings. The van der Waals surface area contributed by atoms with Gasteiger partial charge >= 0.3 is 0 Å². The third-order valence-corrected chi connectivity index (χ3v) is 5.23. The molecule has 0 bridgehead atoms. The molecule has 0 aromatic heterocycles. The second kappa shape index (κ2) is 9.66. The number of carbonyl (C=O) groups excluding carboxylic acids is 2. The summed E-state index contributed by atoms with van der Waals surface area (Å²) in [5.41, 5.74) is 1.35. The van der Waals surface area contributed by atoms with Crippen LogP contribution in [0.2, 0.25) is 0 Å². The largest absolute Gasteiger partial charge is 0.355 e. The maximum Gasteiger partial charge on any atom is 0.242 e. The van der Waals surface area contributed by atoms with Crippen LogP contribution in [-0.2, 0) is 16.1 Å². The van der Waals surface area contributed by atoms with E-state index in [1.54, 1.807) is 6.92 Å². The van der Waals surface area contributed by atoms with Crippen LogP contribution in [-0.4, -0.2) is 66.9 Å². The SMILES string of the molecule is CCNC(=O)[C@@H](C)NC(=O)CN1CCN(Cc2cccc3ccccc23)CC1. The van der Waals surface area contributed by atoms with Crippen LogP contribution >= 0.6 is 0 Å². The standard InChI is InChI=1S/C22H30N4O2/c1-3-23-22(28)17(2)24-21(27)16-26-13-11-25(12-14-26)15-19-9-6-8-18-7-4-5-10-20(18)19/h4-10,17H,3,11-16H2,1-2H3,(H,23,28)(H,24,27)/t17-/m1/s1. The minimum Gasteiger partial charge on any atom is -0.355 e. The number of nitrogens with zero attached hydrogens (tertiary/aromatic N) is 2. The Morgan fingerprint density at radius 1 is 1.00 bits per heavy atom. The summed E-state index contributed by atoms with van der Waals surface area (Å²) in [6, 6.07) is 14.5. The number of carbonyl (C=O) groups is 2. The molecular formula is C22H30N4O2. The lowest BCUT2D eigenvalue weighted by Crippen LogP contribution is -2.51. The van der Waals surface area contributed by atoms with Crippen LogP contribution in [0.1, 0.15) is 19.4 Å². The minimum absolute atomic E-state index is 0.0961. The van der Waals surface area contributed by atoms with Gasteiger partial charge < -0.3 is 10.6 Å². The van der Waals surface area contributed by atoms with Gasteiger partial charge in [-0.15, -0.1) is 0 Å². The van der Waals surface area contributed by atoms with Crippen LogP contribution in [0.25, 0.3) is 10.8 Å². The number of hydrogen-bond acceptors (Lipinski definition) is 4. The van der Waals surface area contributed by atoms with Crippen molar-refractivity contribution in [2.75, 3.05) is 39.3 Å². The Bertz CT molecular complexity index is 810.